The molecule has 10 nitrogen and oxygen atoms in total. The molecule has 1 aromatic rings. The molecular formula is C24H33F3N2O8S. The molecule has 3 aliphatic heterocycles. The van der Waals surface area contributed by atoms with Crippen molar-refractivity contribution in [3.63, 3.8) is 0 Å². The van der Waals surface area contributed by atoms with Gasteiger partial charge >= 0.3 is 6.36 Å². The summed E-state index contributed by atoms with van der Waals surface area (Å²) in [6.07, 6.45) is -2.33. The first-order valence-corrected chi connectivity index (χ1v) is 14.1. The average molecular weight is 567 g/mol. The van der Waals surface area contributed by atoms with E-state index in [0.29, 0.717) is 31.4 Å². The maximum atomic E-state index is 13.8. The smallest absolute Gasteiger partial charge is 0.406 e. The fraction of sp³-hybridized carbons (Fsp3) is 0.708. The number of nitrogens with zero attached hydrogens (tertiary/aromatic N) is 1. The van der Waals surface area contributed by atoms with E-state index < -0.39 is 33.3 Å². The molecule has 1 unspecified atom stereocenters. The minimum Gasteiger partial charge on any atom is -0.406 e. The minimum absolute atomic E-state index is 0.0144. The van der Waals surface area contributed by atoms with E-state index in [-0.39, 0.29) is 57.6 Å². The summed E-state index contributed by atoms with van der Waals surface area (Å²) in [5.74, 6) is -1.03. The first-order valence-electron chi connectivity index (χ1n) is 12.7. The van der Waals surface area contributed by atoms with Crippen LogP contribution in [0.4, 0.5) is 13.2 Å². The third kappa shape index (κ3) is 7.16. The Morgan fingerprint density at radius 3 is 2.34 bits per heavy atom. The van der Waals surface area contributed by atoms with E-state index in [2.05, 4.69) is 10.2 Å². The highest BCUT2D eigenvalue weighted by Crippen LogP contribution is 2.35. The second kappa shape index (κ2) is 12.5. The molecule has 0 radical (unpaired) electrons. The van der Waals surface area contributed by atoms with E-state index in [1.807, 2.05) is 0 Å². The van der Waals surface area contributed by atoms with Crippen molar-refractivity contribution in [3.8, 4) is 5.75 Å². The van der Waals surface area contributed by atoms with Gasteiger partial charge in [-0.1, -0.05) is 12.1 Å². The van der Waals surface area contributed by atoms with Crippen LogP contribution in [-0.4, -0.2) is 75.0 Å². The molecule has 38 heavy (non-hydrogen) atoms. The molecule has 1 amide bonds. The third-order valence-electron chi connectivity index (χ3n) is 7.01. The average Bonchev–Trinajstić information content (AvgIpc) is 2.91. The molecule has 0 aromatic heterocycles. The lowest BCUT2D eigenvalue weighted by Crippen LogP contribution is -2.61. The Morgan fingerprint density at radius 1 is 1.05 bits per heavy atom. The van der Waals surface area contributed by atoms with Crippen LogP contribution in [0.15, 0.2) is 24.3 Å². The number of rotatable bonds is 9. The van der Waals surface area contributed by atoms with Crippen LogP contribution in [0.2, 0.25) is 0 Å². The van der Waals surface area contributed by atoms with Crippen LogP contribution in [0.5, 0.6) is 5.75 Å². The summed E-state index contributed by atoms with van der Waals surface area (Å²) < 4.78 is 84.7. The number of ether oxygens (including phenoxy) is 4. The molecule has 0 spiro atoms. The fourth-order valence-electron chi connectivity index (χ4n) is 4.81. The summed E-state index contributed by atoms with van der Waals surface area (Å²) in [5.41, 5.74) is 3.01. The SMILES string of the molecule is O=C(NOC1CCCCO1)C1(S(=O)(=O)N2CCC(OCc3ccc(OC(F)(F)F)cc3)CC2)CCOCC1. The van der Waals surface area contributed by atoms with Crippen LogP contribution in [0.3, 0.4) is 0 Å². The molecule has 1 atom stereocenters. The molecule has 1 aromatic carbocycles. The number of carbonyl (C=O) groups excluding carboxylic acids is 1. The number of hydroxylamine groups is 1. The summed E-state index contributed by atoms with van der Waals surface area (Å²) in [6, 6.07) is 5.39. The van der Waals surface area contributed by atoms with Crippen molar-refractivity contribution in [1.29, 1.82) is 0 Å². The number of nitrogens with one attached hydrogen (secondary N) is 1. The molecule has 3 fully saturated rings. The van der Waals surface area contributed by atoms with E-state index in [1.165, 1.54) is 28.6 Å². The molecule has 0 aliphatic carbocycles. The number of benzene rings is 1. The van der Waals surface area contributed by atoms with Gasteiger partial charge in [-0.05, 0) is 43.4 Å². The molecule has 0 bridgehead atoms. The Labute approximate surface area is 219 Å². The number of piperidine rings is 1. The predicted octanol–water partition coefficient (Wildman–Crippen LogP) is 3.02. The quantitative estimate of drug-likeness (QED) is 0.454. The Kier molecular flexibility index (Phi) is 9.53. The largest absolute Gasteiger partial charge is 0.573 e. The van der Waals surface area contributed by atoms with Crippen molar-refractivity contribution in [3.05, 3.63) is 29.8 Å². The maximum absolute atomic E-state index is 13.8. The summed E-state index contributed by atoms with van der Waals surface area (Å²) in [6.45, 7) is 1.31. The Balaban J connectivity index is 1.31. The van der Waals surface area contributed by atoms with Crippen LogP contribution in [-0.2, 0) is 40.5 Å². The number of sulfonamides is 1. The number of alkyl halides is 3. The monoisotopic (exact) mass is 566 g/mol. The van der Waals surface area contributed by atoms with Crippen LogP contribution >= 0.6 is 0 Å². The van der Waals surface area contributed by atoms with Gasteiger partial charge in [-0.25, -0.2) is 23.0 Å². The van der Waals surface area contributed by atoms with E-state index in [1.54, 1.807) is 0 Å². The van der Waals surface area contributed by atoms with Gasteiger partial charge in [0.2, 0.25) is 10.0 Å². The van der Waals surface area contributed by atoms with E-state index in [9.17, 15) is 26.4 Å². The van der Waals surface area contributed by atoms with Crippen LogP contribution in [0.1, 0.15) is 50.5 Å². The molecule has 4 rings (SSSR count). The molecule has 14 heteroatoms. The minimum atomic E-state index is -4.76. The van der Waals surface area contributed by atoms with Crippen molar-refractivity contribution >= 4 is 15.9 Å². The zero-order valence-corrected chi connectivity index (χ0v) is 21.7. The summed E-state index contributed by atoms with van der Waals surface area (Å²) >= 11 is 0. The molecule has 3 saturated heterocycles. The maximum Gasteiger partial charge on any atom is 0.573 e. The van der Waals surface area contributed by atoms with Crippen molar-refractivity contribution in [2.24, 2.45) is 0 Å². The van der Waals surface area contributed by atoms with Gasteiger partial charge in [-0.3, -0.25) is 4.79 Å². The third-order valence-corrected chi connectivity index (χ3v) is 9.64. The van der Waals surface area contributed by atoms with Crippen molar-refractivity contribution in [2.75, 3.05) is 32.9 Å². The highest BCUT2D eigenvalue weighted by molar-refractivity contribution is 7.91. The number of hydrogen-bond donors (Lipinski definition) is 1. The first-order chi connectivity index (χ1) is 18.1. The van der Waals surface area contributed by atoms with E-state index in [4.69, 9.17) is 19.0 Å². The van der Waals surface area contributed by atoms with Crippen molar-refractivity contribution in [1.82, 2.24) is 9.79 Å². The van der Waals surface area contributed by atoms with Crippen LogP contribution in [0, 0.1) is 0 Å². The molecule has 0 saturated carbocycles. The molecule has 214 valence electrons. The lowest BCUT2D eigenvalue weighted by molar-refractivity contribution is -0.274. The highest BCUT2D eigenvalue weighted by Gasteiger charge is 2.55. The topological polar surface area (TPSA) is 113 Å². The van der Waals surface area contributed by atoms with Gasteiger partial charge in [-0.2, -0.15) is 0 Å². The number of amides is 1. The second-order valence-electron chi connectivity index (χ2n) is 9.56. The predicted molar refractivity (Wildman–Crippen MR) is 127 cm³/mol. The van der Waals surface area contributed by atoms with Crippen LogP contribution in [0.25, 0.3) is 0 Å². The Morgan fingerprint density at radius 2 is 1.74 bits per heavy atom. The number of hydrogen-bond acceptors (Lipinski definition) is 8. The number of halogens is 3. The Hall–Kier alpha value is -1.97. The standard InChI is InChI=1S/C24H33F3N2O8S/c25-24(26,27)36-20-6-4-18(5-7-20)17-35-19-8-12-29(13-9-19)38(31,32)23(10-15-33-16-11-23)22(30)28-37-21-3-1-2-14-34-21/h4-7,19,21H,1-3,8-17H2,(H,28,30). The van der Waals surface area contributed by atoms with E-state index >= 15 is 0 Å². The summed E-state index contributed by atoms with van der Waals surface area (Å²) in [5, 5.41) is 0. The fourth-order valence-corrected chi connectivity index (χ4v) is 6.95. The van der Waals surface area contributed by atoms with Gasteiger partial charge in [0.25, 0.3) is 5.91 Å². The molecule has 3 aliphatic rings. The van der Waals surface area contributed by atoms with Gasteiger partial charge in [0, 0.05) is 52.2 Å². The number of carbonyl (C=O) groups is 1. The normalized spacial score (nSPS) is 23.6. The second-order valence-corrected chi connectivity index (χ2v) is 11.8. The van der Waals surface area contributed by atoms with Gasteiger partial charge < -0.3 is 18.9 Å². The summed E-state index contributed by atoms with van der Waals surface area (Å²) in [4.78, 5) is 18.6. The van der Waals surface area contributed by atoms with E-state index in [0.717, 1.165) is 12.8 Å². The van der Waals surface area contributed by atoms with Gasteiger partial charge in [0.15, 0.2) is 11.0 Å². The molecule has 3 heterocycles. The highest BCUT2D eigenvalue weighted by atomic mass is 32.2. The molecular weight excluding hydrogens is 533 g/mol. The molecule has 1 N–H and O–H groups in total. The Bertz CT molecular complexity index is 1020. The van der Waals surface area contributed by atoms with Crippen molar-refractivity contribution in [2.45, 2.75) is 75.1 Å². The van der Waals surface area contributed by atoms with Gasteiger partial charge in [-0.15, -0.1) is 13.2 Å². The van der Waals surface area contributed by atoms with Crippen molar-refractivity contribution < 1.29 is 50.2 Å². The van der Waals surface area contributed by atoms with Crippen LogP contribution < -0.4 is 10.2 Å². The lowest BCUT2D eigenvalue weighted by atomic mass is 9.98. The summed E-state index contributed by atoms with van der Waals surface area (Å²) in [7, 11) is -4.05. The lowest BCUT2D eigenvalue weighted by Gasteiger charge is -2.41. The zero-order chi connectivity index (χ0) is 27.2. The zero-order valence-electron chi connectivity index (χ0n) is 20.9. The first kappa shape index (κ1) is 29.0. The van der Waals surface area contributed by atoms with Gasteiger partial charge in [0.1, 0.15) is 5.75 Å². The van der Waals surface area contributed by atoms with Gasteiger partial charge in [0.05, 0.1) is 12.7 Å².